The number of aryl methyl sites for hydroxylation is 4. The molecule has 1 aliphatic rings. The number of carbonyl (C=O) groups is 1. The zero-order valence-electron chi connectivity index (χ0n) is 14.2. The Balaban J connectivity index is 0.000000182. The molecule has 24 heavy (non-hydrogen) atoms. The average molecular weight is 323 g/mol. The van der Waals surface area contributed by atoms with Gasteiger partial charge in [-0.15, -0.1) is 0 Å². The van der Waals surface area contributed by atoms with E-state index in [0.29, 0.717) is 11.2 Å². The number of nitrogens with zero attached hydrogens (tertiary/aromatic N) is 2. The Labute approximate surface area is 143 Å². The van der Waals surface area contributed by atoms with E-state index in [9.17, 15) is 4.79 Å². The predicted octanol–water partition coefficient (Wildman–Crippen LogP) is 3.86. The van der Waals surface area contributed by atoms with Gasteiger partial charge in [-0.3, -0.25) is 4.79 Å². The highest BCUT2D eigenvalue weighted by Crippen LogP contribution is 2.19. The molecule has 1 aliphatic carbocycles. The molecule has 4 heteroatoms. The number of amides is 1. The summed E-state index contributed by atoms with van der Waals surface area (Å²) in [7, 11) is 0. The summed E-state index contributed by atoms with van der Waals surface area (Å²) in [6.07, 6.45) is 7.18. The van der Waals surface area contributed by atoms with Crippen LogP contribution in [0.3, 0.4) is 0 Å². The van der Waals surface area contributed by atoms with Gasteiger partial charge in [0.1, 0.15) is 5.65 Å². The van der Waals surface area contributed by atoms with Gasteiger partial charge < -0.3 is 10.1 Å². The van der Waals surface area contributed by atoms with Crippen molar-refractivity contribution >= 4 is 11.6 Å². The van der Waals surface area contributed by atoms with E-state index < -0.39 is 5.91 Å². The van der Waals surface area contributed by atoms with Crippen LogP contribution in [0.2, 0.25) is 0 Å². The van der Waals surface area contributed by atoms with E-state index in [1.165, 1.54) is 25.7 Å². The molecule has 0 atom stereocenters. The van der Waals surface area contributed by atoms with Crippen molar-refractivity contribution in [3.05, 3.63) is 70.7 Å². The molecule has 3 aromatic rings. The summed E-state index contributed by atoms with van der Waals surface area (Å²) < 4.78 is 1.85. The Morgan fingerprint density at radius 2 is 1.75 bits per heavy atom. The molecule has 126 valence electrons. The lowest BCUT2D eigenvalue weighted by Gasteiger charge is -2.13. The largest absolute Gasteiger partial charge is 0.365 e. The van der Waals surface area contributed by atoms with E-state index >= 15 is 0 Å². The fourth-order valence-corrected chi connectivity index (χ4v) is 3.26. The number of benzene rings is 1. The van der Waals surface area contributed by atoms with Gasteiger partial charge >= 0.3 is 0 Å². The third kappa shape index (κ3) is 3.32. The number of fused-ring (bicyclic) bond motifs is 2. The van der Waals surface area contributed by atoms with Gasteiger partial charge in [-0.25, -0.2) is 4.98 Å². The highest BCUT2D eigenvalue weighted by Gasteiger charge is 2.10. The summed E-state index contributed by atoms with van der Waals surface area (Å²) in [6, 6.07) is 12.5. The lowest BCUT2D eigenvalue weighted by Crippen LogP contribution is -2.11. The Bertz CT molecular complexity index is 861. The minimum Gasteiger partial charge on any atom is -0.365 e. The van der Waals surface area contributed by atoms with E-state index in [-0.39, 0.29) is 1.43 Å². The second-order valence-electron chi connectivity index (χ2n) is 6.30. The van der Waals surface area contributed by atoms with Gasteiger partial charge in [-0.05, 0) is 62.8 Å². The molecule has 2 aromatic heterocycles. The van der Waals surface area contributed by atoms with Gasteiger partial charge in [-0.1, -0.05) is 24.3 Å². The Morgan fingerprint density at radius 3 is 2.33 bits per heavy atom. The first-order valence-electron chi connectivity index (χ1n) is 8.38. The maximum atomic E-state index is 11.1. The van der Waals surface area contributed by atoms with Crippen LogP contribution in [0.15, 0.2) is 42.6 Å². The number of nitrogens with two attached hydrogens (primary N) is 1. The molecule has 2 N–H and O–H groups in total. The van der Waals surface area contributed by atoms with Crippen LogP contribution in [-0.4, -0.2) is 15.3 Å². The molecule has 4 nitrogen and oxygen atoms in total. The number of aromatic nitrogens is 2. The first-order valence-corrected chi connectivity index (χ1v) is 8.38. The summed E-state index contributed by atoms with van der Waals surface area (Å²) in [4.78, 5) is 15.3. The fourth-order valence-electron chi connectivity index (χ4n) is 3.26. The number of rotatable bonds is 1. The molecule has 0 bridgehead atoms. The van der Waals surface area contributed by atoms with Crippen molar-refractivity contribution in [3.8, 4) is 0 Å². The molecule has 0 radical (unpaired) electrons. The number of primary amides is 1. The Hall–Kier alpha value is -2.62. The number of hydrogen-bond donors (Lipinski definition) is 1. The lowest BCUT2D eigenvalue weighted by atomic mass is 9.92. The SMILES string of the molecule is Cc1cc(C)n2ccc(C(N)=O)c2n1.[HH].c1ccc2c(c1)CCCC2. The van der Waals surface area contributed by atoms with Crippen LogP contribution < -0.4 is 5.73 Å². The van der Waals surface area contributed by atoms with E-state index in [2.05, 4.69) is 29.2 Å². The monoisotopic (exact) mass is 323 g/mol. The second-order valence-corrected chi connectivity index (χ2v) is 6.30. The van der Waals surface area contributed by atoms with Crippen LogP contribution in [-0.2, 0) is 12.8 Å². The summed E-state index contributed by atoms with van der Waals surface area (Å²) in [5.41, 5.74) is 11.4. The zero-order chi connectivity index (χ0) is 17.1. The normalized spacial score (nSPS) is 13.1. The molecule has 0 aliphatic heterocycles. The smallest absolute Gasteiger partial charge is 0.252 e. The van der Waals surface area contributed by atoms with Crippen molar-refractivity contribution in [3.63, 3.8) is 0 Å². The molecule has 0 saturated heterocycles. The van der Waals surface area contributed by atoms with Crippen molar-refractivity contribution in [1.82, 2.24) is 9.38 Å². The van der Waals surface area contributed by atoms with Crippen molar-refractivity contribution < 1.29 is 6.22 Å². The number of hydrogen-bond acceptors (Lipinski definition) is 2. The summed E-state index contributed by atoms with van der Waals surface area (Å²) in [6.45, 7) is 3.86. The zero-order valence-corrected chi connectivity index (χ0v) is 14.2. The van der Waals surface area contributed by atoms with Crippen LogP contribution in [0.4, 0.5) is 0 Å². The Morgan fingerprint density at radius 1 is 1.12 bits per heavy atom. The summed E-state index contributed by atoms with van der Waals surface area (Å²) in [5, 5.41) is 0. The van der Waals surface area contributed by atoms with Crippen LogP contribution in [0.1, 0.15) is 47.1 Å². The van der Waals surface area contributed by atoms with Gasteiger partial charge in [0.15, 0.2) is 0 Å². The molecule has 0 unspecified atom stereocenters. The van der Waals surface area contributed by atoms with Gasteiger partial charge in [-0.2, -0.15) is 0 Å². The van der Waals surface area contributed by atoms with Crippen molar-refractivity contribution in [2.45, 2.75) is 39.5 Å². The third-order valence-corrected chi connectivity index (χ3v) is 4.47. The van der Waals surface area contributed by atoms with Gasteiger partial charge in [0.05, 0.1) is 5.56 Å². The second kappa shape index (κ2) is 6.87. The minimum absolute atomic E-state index is 0. The fraction of sp³-hybridized carbons (Fsp3) is 0.300. The molecule has 4 rings (SSSR count). The maximum Gasteiger partial charge on any atom is 0.252 e. The molecular formula is C20H25N3O. The van der Waals surface area contributed by atoms with Crippen LogP contribution in [0.5, 0.6) is 0 Å². The summed E-state index contributed by atoms with van der Waals surface area (Å²) >= 11 is 0. The van der Waals surface area contributed by atoms with E-state index in [1.807, 2.05) is 24.3 Å². The molecule has 0 fully saturated rings. The van der Waals surface area contributed by atoms with Crippen molar-refractivity contribution in [2.75, 3.05) is 0 Å². The molecule has 0 spiro atoms. The standard InChI is InChI=1S/C10H11N3O.C10H12.H2/c1-6-5-7(2)13-4-3-8(9(11)14)10(13)12-6;1-2-6-10-8-4-3-7-9(10)5-1;/h3-5H,1-2H3,(H2,11,14);1-2,5-6H,3-4,7-8H2;1H. The third-order valence-electron chi connectivity index (χ3n) is 4.47. The quantitative estimate of drug-likeness (QED) is 0.739. The highest BCUT2D eigenvalue weighted by atomic mass is 16.1. The van der Waals surface area contributed by atoms with Crippen LogP contribution in [0, 0.1) is 13.8 Å². The minimum atomic E-state index is -0.440. The highest BCUT2D eigenvalue weighted by molar-refractivity contribution is 5.99. The maximum absolute atomic E-state index is 11.1. The average Bonchev–Trinajstić information content (AvgIpc) is 3.00. The van der Waals surface area contributed by atoms with Gasteiger partial charge in [0.25, 0.3) is 5.91 Å². The predicted molar refractivity (Wildman–Crippen MR) is 98.4 cm³/mol. The van der Waals surface area contributed by atoms with E-state index in [1.54, 1.807) is 23.4 Å². The topological polar surface area (TPSA) is 60.4 Å². The molecular weight excluding hydrogens is 298 g/mol. The molecule has 0 saturated carbocycles. The van der Waals surface area contributed by atoms with Crippen LogP contribution in [0.25, 0.3) is 5.65 Å². The van der Waals surface area contributed by atoms with Crippen molar-refractivity contribution in [2.24, 2.45) is 5.73 Å². The molecule has 2 heterocycles. The van der Waals surface area contributed by atoms with Gasteiger partial charge in [0, 0.05) is 19.0 Å². The number of carbonyl (C=O) groups excluding carboxylic acids is 1. The first kappa shape index (κ1) is 16.2. The van der Waals surface area contributed by atoms with Gasteiger partial charge in [0.2, 0.25) is 0 Å². The lowest BCUT2D eigenvalue weighted by molar-refractivity contribution is 0.100. The van der Waals surface area contributed by atoms with E-state index in [4.69, 9.17) is 5.73 Å². The molecule has 1 aromatic carbocycles. The first-order chi connectivity index (χ1) is 11.6. The summed E-state index contributed by atoms with van der Waals surface area (Å²) in [5.74, 6) is -0.440. The Kier molecular flexibility index (Phi) is 4.65. The van der Waals surface area contributed by atoms with Crippen LogP contribution >= 0.6 is 0 Å². The molecule has 1 amide bonds. The van der Waals surface area contributed by atoms with E-state index in [0.717, 1.165) is 11.4 Å². The van der Waals surface area contributed by atoms with Crippen molar-refractivity contribution in [1.29, 1.82) is 0 Å².